The van der Waals surface area contributed by atoms with Gasteiger partial charge in [-0.2, -0.15) is 5.10 Å². The van der Waals surface area contributed by atoms with Crippen molar-refractivity contribution in [1.82, 2.24) is 9.78 Å². The maximum absolute atomic E-state index is 13.4. The van der Waals surface area contributed by atoms with Gasteiger partial charge in [0.15, 0.2) is 5.69 Å². The maximum Gasteiger partial charge on any atom is 0.359 e. The first-order valence-electron chi connectivity index (χ1n) is 9.48. The second kappa shape index (κ2) is 7.90. The fraction of sp³-hybridized carbons (Fsp3) is 0.182. The van der Waals surface area contributed by atoms with Crippen molar-refractivity contribution < 1.29 is 18.8 Å². The molecule has 0 fully saturated rings. The van der Waals surface area contributed by atoms with Crippen molar-refractivity contribution in [2.75, 3.05) is 6.61 Å². The summed E-state index contributed by atoms with van der Waals surface area (Å²) < 4.78 is 20.2. The van der Waals surface area contributed by atoms with E-state index in [2.05, 4.69) is 5.10 Å². The summed E-state index contributed by atoms with van der Waals surface area (Å²) in [6, 6.07) is 12.1. The van der Waals surface area contributed by atoms with E-state index in [4.69, 9.17) is 4.74 Å². The Morgan fingerprint density at radius 3 is 2.53 bits per heavy atom. The zero-order chi connectivity index (χ0) is 21.3. The molecule has 0 aliphatic heterocycles. The molecule has 1 heterocycles. The molecule has 0 radical (unpaired) electrons. The highest BCUT2D eigenvalue weighted by atomic mass is 19.1. The number of allylic oxidation sites excluding steroid dienone is 1. The Labute approximate surface area is 171 Å². The van der Waals surface area contributed by atoms with Crippen molar-refractivity contribution in [3.8, 4) is 5.69 Å². The summed E-state index contributed by atoms with van der Waals surface area (Å²) in [6.07, 6.45) is 3.22. The Kier molecular flexibility index (Phi) is 5.14. The van der Waals surface area contributed by atoms with Crippen LogP contribution in [0.15, 0.2) is 48.5 Å². The van der Waals surface area contributed by atoms with Gasteiger partial charge in [-0.25, -0.2) is 13.9 Å². The number of nitro benzene ring substituents is 1. The number of rotatable bonds is 5. The summed E-state index contributed by atoms with van der Waals surface area (Å²) in [5.74, 6) is -0.860. The average molecular weight is 407 g/mol. The number of carbonyl (C=O) groups excluding carboxylic acids is 1. The van der Waals surface area contributed by atoms with Crippen molar-refractivity contribution >= 4 is 23.3 Å². The lowest BCUT2D eigenvalue weighted by atomic mass is 10.1. The van der Waals surface area contributed by atoms with Gasteiger partial charge >= 0.3 is 5.97 Å². The van der Waals surface area contributed by atoms with Crippen molar-refractivity contribution in [2.24, 2.45) is 0 Å². The van der Waals surface area contributed by atoms with Crippen LogP contribution in [0.4, 0.5) is 10.1 Å². The lowest BCUT2D eigenvalue weighted by Gasteiger charge is -2.08. The number of halogens is 1. The Morgan fingerprint density at radius 1 is 1.20 bits per heavy atom. The van der Waals surface area contributed by atoms with Crippen molar-refractivity contribution in [2.45, 2.75) is 19.8 Å². The first-order chi connectivity index (χ1) is 14.5. The van der Waals surface area contributed by atoms with Crippen LogP contribution in [-0.4, -0.2) is 27.3 Å². The number of hydrogen-bond acceptors (Lipinski definition) is 5. The highest BCUT2D eigenvalue weighted by molar-refractivity contribution is 5.94. The van der Waals surface area contributed by atoms with Gasteiger partial charge in [-0.3, -0.25) is 10.1 Å². The third kappa shape index (κ3) is 3.59. The molecule has 0 bridgehead atoms. The quantitative estimate of drug-likeness (QED) is 0.351. The average Bonchev–Trinajstić information content (AvgIpc) is 3.30. The summed E-state index contributed by atoms with van der Waals surface area (Å²) in [5, 5.41) is 15.3. The molecule has 1 aromatic heterocycles. The van der Waals surface area contributed by atoms with E-state index >= 15 is 0 Å². The summed E-state index contributed by atoms with van der Waals surface area (Å²) in [4.78, 5) is 22.9. The zero-order valence-corrected chi connectivity index (χ0v) is 16.2. The predicted octanol–water partition coefficient (Wildman–Crippen LogP) is 4.58. The first kappa shape index (κ1) is 19.5. The smallest absolute Gasteiger partial charge is 0.359 e. The molecule has 152 valence electrons. The van der Waals surface area contributed by atoms with Gasteiger partial charge in [0, 0.05) is 17.7 Å². The lowest BCUT2D eigenvalue weighted by Crippen LogP contribution is -2.09. The standard InChI is InChI=1S/C22H18FN3O4/c1-2-30-22(27)20-19-12-5-15(13-14-3-8-18(9-4-14)26(28)29)21(19)25(24-20)17-10-6-16(23)7-11-17/h3-4,6-11,13H,2,5,12H2,1H3/b15-13-. The minimum atomic E-state index is -0.494. The molecule has 4 rings (SSSR count). The zero-order valence-electron chi connectivity index (χ0n) is 16.2. The molecule has 0 amide bonds. The second-order valence-corrected chi connectivity index (χ2v) is 6.80. The lowest BCUT2D eigenvalue weighted by molar-refractivity contribution is -0.384. The number of nitro groups is 1. The van der Waals surface area contributed by atoms with Gasteiger partial charge in [0.1, 0.15) is 5.82 Å². The van der Waals surface area contributed by atoms with Gasteiger partial charge in [-0.1, -0.05) is 0 Å². The van der Waals surface area contributed by atoms with E-state index in [1.807, 2.05) is 6.08 Å². The van der Waals surface area contributed by atoms with E-state index in [1.54, 1.807) is 35.9 Å². The number of carbonyl (C=O) groups is 1. The molecule has 0 spiro atoms. The number of hydrogen-bond donors (Lipinski definition) is 0. The van der Waals surface area contributed by atoms with Crippen molar-refractivity contribution in [1.29, 1.82) is 0 Å². The maximum atomic E-state index is 13.4. The van der Waals surface area contributed by atoms with Crippen LogP contribution in [0.1, 0.15) is 40.7 Å². The number of non-ortho nitro benzene ring substituents is 1. The summed E-state index contributed by atoms with van der Waals surface area (Å²) in [5.41, 5.74) is 4.18. The fourth-order valence-electron chi connectivity index (χ4n) is 3.56. The van der Waals surface area contributed by atoms with Crippen LogP contribution < -0.4 is 0 Å². The van der Waals surface area contributed by atoms with Crippen molar-refractivity contribution in [3.05, 3.63) is 87.0 Å². The first-order valence-corrected chi connectivity index (χ1v) is 9.48. The summed E-state index contributed by atoms with van der Waals surface area (Å²) >= 11 is 0. The van der Waals surface area contributed by atoms with Gasteiger partial charge in [0.25, 0.3) is 5.69 Å². The number of ether oxygens (including phenoxy) is 1. The van der Waals surface area contributed by atoms with Gasteiger partial charge in [0.2, 0.25) is 0 Å². The molecule has 2 aromatic carbocycles. The normalized spacial score (nSPS) is 14.0. The Hall–Kier alpha value is -3.81. The monoisotopic (exact) mass is 407 g/mol. The molecule has 0 unspecified atom stereocenters. The highest BCUT2D eigenvalue weighted by Crippen LogP contribution is 2.37. The second-order valence-electron chi connectivity index (χ2n) is 6.80. The van der Waals surface area contributed by atoms with E-state index in [1.165, 1.54) is 24.3 Å². The van der Waals surface area contributed by atoms with Crippen LogP contribution in [0.3, 0.4) is 0 Å². The molecule has 1 aliphatic carbocycles. The number of fused-ring (bicyclic) bond motifs is 1. The van der Waals surface area contributed by atoms with Crippen LogP contribution in [0.5, 0.6) is 0 Å². The minimum absolute atomic E-state index is 0.0187. The number of nitrogens with zero attached hydrogens (tertiary/aromatic N) is 3. The molecular weight excluding hydrogens is 389 g/mol. The Morgan fingerprint density at radius 2 is 1.90 bits per heavy atom. The fourth-order valence-corrected chi connectivity index (χ4v) is 3.56. The van der Waals surface area contributed by atoms with Crippen LogP contribution in [0, 0.1) is 15.9 Å². The number of aromatic nitrogens is 2. The molecule has 3 aromatic rings. The molecule has 0 saturated carbocycles. The Balaban J connectivity index is 1.81. The molecule has 30 heavy (non-hydrogen) atoms. The summed E-state index contributed by atoms with van der Waals surface area (Å²) in [6.45, 7) is 1.97. The molecule has 0 N–H and O–H groups in total. The van der Waals surface area contributed by atoms with Crippen LogP contribution in [0.25, 0.3) is 17.3 Å². The van der Waals surface area contributed by atoms with E-state index in [-0.39, 0.29) is 23.8 Å². The Bertz CT molecular complexity index is 1150. The number of benzene rings is 2. The highest BCUT2D eigenvalue weighted by Gasteiger charge is 2.30. The van der Waals surface area contributed by atoms with Crippen LogP contribution in [-0.2, 0) is 11.2 Å². The molecule has 1 aliphatic rings. The van der Waals surface area contributed by atoms with E-state index in [0.717, 1.165) is 22.4 Å². The van der Waals surface area contributed by atoms with Crippen LogP contribution >= 0.6 is 0 Å². The van der Waals surface area contributed by atoms with Gasteiger partial charge in [-0.15, -0.1) is 0 Å². The molecule has 0 atom stereocenters. The SMILES string of the molecule is CCOC(=O)c1nn(-c2ccc(F)cc2)c2c1CC/C2=C/c1ccc([N+](=O)[O-])cc1. The molecular formula is C22H18FN3O4. The van der Waals surface area contributed by atoms with Gasteiger partial charge in [0.05, 0.1) is 22.9 Å². The molecule has 0 saturated heterocycles. The topological polar surface area (TPSA) is 87.3 Å². The minimum Gasteiger partial charge on any atom is -0.461 e. The third-order valence-electron chi connectivity index (χ3n) is 4.92. The third-order valence-corrected chi connectivity index (χ3v) is 4.92. The van der Waals surface area contributed by atoms with Crippen LogP contribution in [0.2, 0.25) is 0 Å². The van der Waals surface area contributed by atoms with Gasteiger partial charge < -0.3 is 4.74 Å². The molecule has 8 heteroatoms. The van der Waals surface area contributed by atoms with E-state index in [9.17, 15) is 19.3 Å². The van der Waals surface area contributed by atoms with E-state index < -0.39 is 10.9 Å². The van der Waals surface area contributed by atoms with E-state index in [0.29, 0.717) is 18.5 Å². The number of esters is 1. The molecule has 7 nitrogen and oxygen atoms in total. The predicted molar refractivity (Wildman–Crippen MR) is 109 cm³/mol. The van der Waals surface area contributed by atoms with Crippen molar-refractivity contribution in [3.63, 3.8) is 0 Å². The van der Waals surface area contributed by atoms with Gasteiger partial charge in [-0.05, 0) is 73.4 Å². The summed E-state index contributed by atoms with van der Waals surface area (Å²) in [7, 11) is 0. The largest absolute Gasteiger partial charge is 0.461 e.